The van der Waals surface area contributed by atoms with Gasteiger partial charge in [0.05, 0.1) is 0 Å². The number of unbranched alkanes of at least 4 members (excludes halogenated alkanes) is 18. The summed E-state index contributed by atoms with van der Waals surface area (Å²) in [5.41, 5.74) is 0. The van der Waals surface area contributed by atoms with E-state index in [-0.39, 0.29) is 0 Å². The van der Waals surface area contributed by atoms with Gasteiger partial charge in [0.15, 0.2) is 0 Å². The maximum atomic E-state index is 8.70. The van der Waals surface area contributed by atoms with Crippen molar-refractivity contribution in [2.24, 2.45) is 0 Å². The zero-order valence-electron chi connectivity index (χ0n) is 15.7. The van der Waals surface area contributed by atoms with Crippen LogP contribution in [0.15, 0.2) is 0 Å². The first-order chi connectivity index (χ1) is 11.4. The van der Waals surface area contributed by atoms with E-state index in [1.807, 2.05) is 0 Å². The molecule has 2 N–H and O–H groups in total. The Morgan fingerprint density at radius 2 is 0.348 bits per heavy atom. The van der Waals surface area contributed by atoms with Gasteiger partial charge in [0.2, 0.25) is 0 Å². The van der Waals surface area contributed by atoms with Crippen molar-refractivity contribution in [1.29, 1.82) is 0 Å². The van der Waals surface area contributed by atoms with Gasteiger partial charge in [0.25, 0.3) is 0 Å². The average Bonchev–Trinajstić information content (AvgIpc) is 2.57. The van der Waals surface area contributed by atoms with Crippen LogP contribution in [0.5, 0.6) is 0 Å². The molecule has 2 heteroatoms. The quantitative estimate of drug-likeness (QED) is 0.254. The van der Waals surface area contributed by atoms with Gasteiger partial charge >= 0.3 is 0 Å². The molecule has 0 heterocycles. The summed E-state index contributed by atoms with van der Waals surface area (Å²) in [6.07, 6.45) is 25.4. The molecule has 0 spiro atoms. The Kier molecular flexibility index (Phi) is 21.8. The van der Waals surface area contributed by atoms with Crippen molar-refractivity contribution in [3.05, 3.63) is 0 Å². The van der Waals surface area contributed by atoms with Crippen LogP contribution in [-0.4, -0.2) is 23.4 Å². The minimum Gasteiger partial charge on any atom is -0.396 e. The molecule has 0 aliphatic rings. The average molecular weight is 329 g/mol. The third-order valence-corrected chi connectivity index (χ3v) is 4.82. The van der Waals surface area contributed by atoms with E-state index < -0.39 is 0 Å². The second-order valence-electron chi connectivity index (χ2n) is 7.16. The van der Waals surface area contributed by atoms with Crippen LogP contribution in [0.3, 0.4) is 0 Å². The molecule has 0 fully saturated rings. The van der Waals surface area contributed by atoms with E-state index in [0.717, 1.165) is 12.8 Å². The molecule has 0 amide bonds. The molecular weight excluding hydrogens is 284 g/mol. The summed E-state index contributed by atoms with van der Waals surface area (Å²) in [5.74, 6) is 0. The van der Waals surface area contributed by atoms with Gasteiger partial charge in [-0.2, -0.15) is 0 Å². The van der Waals surface area contributed by atoms with E-state index in [0.29, 0.717) is 13.2 Å². The third kappa shape index (κ3) is 21.9. The van der Waals surface area contributed by atoms with Crippen molar-refractivity contribution in [2.45, 2.75) is 122 Å². The first-order valence-corrected chi connectivity index (χ1v) is 10.6. The minimum absolute atomic E-state index is 0.366. The van der Waals surface area contributed by atoms with Crippen LogP contribution in [0.25, 0.3) is 0 Å². The van der Waals surface area contributed by atoms with E-state index in [4.69, 9.17) is 10.2 Å². The molecule has 0 rings (SSSR count). The van der Waals surface area contributed by atoms with Crippen LogP contribution in [0.4, 0.5) is 0 Å². The lowest BCUT2D eigenvalue weighted by molar-refractivity contribution is 0.282. The number of rotatable bonds is 20. The molecule has 0 saturated heterocycles. The van der Waals surface area contributed by atoms with Gasteiger partial charge in [-0.15, -0.1) is 0 Å². The van der Waals surface area contributed by atoms with Gasteiger partial charge < -0.3 is 10.2 Å². The SMILES string of the molecule is OCCCCCCCCCCCCCCCCCCCCCO. The molecule has 0 aromatic heterocycles. The molecule has 2 nitrogen and oxygen atoms in total. The minimum atomic E-state index is 0.366. The number of aliphatic hydroxyl groups excluding tert-OH is 2. The molecule has 0 atom stereocenters. The summed E-state index contributed by atoms with van der Waals surface area (Å²) < 4.78 is 0. The molecule has 0 aromatic carbocycles. The third-order valence-electron chi connectivity index (χ3n) is 4.82. The van der Waals surface area contributed by atoms with Crippen molar-refractivity contribution in [2.75, 3.05) is 13.2 Å². The standard InChI is InChI=1S/C21H44O2/c22-20-18-16-14-12-10-8-6-4-2-1-3-5-7-9-11-13-15-17-19-21-23/h22-23H,1-21H2. The maximum absolute atomic E-state index is 8.70. The predicted molar refractivity (Wildman–Crippen MR) is 102 cm³/mol. The normalized spacial score (nSPS) is 11.2. The summed E-state index contributed by atoms with van der Waals surface area (Å²) >= 11 is 0. The molecule has 0 aliphatic heterocycles. The number of hydrogen-bond acceptors (Lipinski definition) is 2. The lowest BCUT2D eigenvalue weighted by Gasteiger charge is -2.03. The van der Waals surface area contributed by atoms with Crippen LogP contribution >= 0.6 is 0 Å². The van der Waals surface area contributed by atoms with Crippen molar-refractivity contribution < 1.29 is 10.2 Å². The molecule has 23 heavy (non-hydrogen) atoms. The van der Waals surface area contributed by atoms with Crippen molar-refractivity contribution >= 4 is 0 Å². The van der Waals surface area contributed by atoms with Crippen LogP contribution in [-0.2, 0) is 0 Å². The van der Waals surface area contributed by atoms with Crippen LogP contribution in [0.2, 0.25) is 0 Å². The van der Waals surface area contributed by atoms with E-state index >= 15 is 0 Å². The fourth-order valence-electron chi connectivity index (χ4n) is 3.23. The topological polar surface area (TPSA) is 40.5 Å². The second kappa shape index (κ2) is 21.9. The first-order valence-electron chi connectivity index (χ1n) is 10.6. The van der Waals surface area contributed by atoms with Gasteiger partial charge in [0, 0.05) is 13.2 Å². The summed E-state index contributed by atoms with van der Waals surface area (Å²) in [6, 6.07) is 0. The van der Waals surface area contributed by atoms with E-state index in [2.05, 4.69) is 0 Å². The van der Waals surface area contributed by atoms with Gasteiger partial charge in [-0.25, -0.2) is 0 Å². The highest BCUT2D eigenvalue weighted by atomic mass is 16.3. The van der Waals surface area contributed by atoms with Crippen molar-refractivity contribution in [1.82, 2.24) is 0 Å². The fraction of sp³-hybridized carbons (Fsp3) is 1.00. The number of hydrogen-bond donors (Lipinski definition) is 2. The number of aliphatic hydroxyl groups is 2. The highest BCUT2D eigenvalue weighted by molar-refractivity contribution is 4.50. The molecule has 0 saturated carbocycles. The predicted octanol–water partition coefficient (Wildman–Crippen LogP) is 6.38. The monoisotopic (exact) mass is 328 g/mol. The molecule has 0 radical (unpaired) electrons. The lowest BCUT2D eigenvalue weighted by Crippen LogP contribution is -1.85. The smallest absolute Gasteiger partial charge is 0.0431 e. The zero-order valence-corrected chi connectivity index (χ0v) is 15.7. The summed E-state index contributed by atoms with van der Waals surface area (Å²) in [4.78, 5) is 0. The Balaban J connectivity index is 2.92. The molecule has 0 bridgehead atoms. The van der Waals surface area contributed by atoms with Crippen molar-refractivity contribution in [3.63, 3.8) is 0 Å². The van der Waals surface area contributed by atoms with Crippen molar-refractivity contribution in [3.8, 4) is 0 Å². The molecule has 140 valence electrons. The Morgan fingerprint density at radius 3 is 0.478 bits per heavy atom. The van der Waals surface area contributed by atoms with Gasteiger partial charge in [-0.1, -0.05) is 109 Å². The van der Waals surface area contributed by atoms with E-state index in [9.17, 15) is 0 Å². The molecular formula is C21H44O2. The highest BCUT2D eigenvalue weighted by Gasteiger charge is 1.95. The molecule has 0 aliphatic carbocycles. The largest absolute Gasteiger partial charge is 0.396 e. The second-order valence-corrected chi connectivity index (χ2v) is 7.16. The fourth-order valence-corrected chi connectivity index (χ4v) is 3.23. The summed E-state index contributed by atoms with van der Waals surface area (Å²) in [7, 11) is 0. The molecule has 0 aromatic rings. The Hall–Kier alpha value is -0.0800. The first kappa shape index (κ1) is 22.9. The van der Waals surface area contributed by atoms with Crippen LogP contribution in [0.1, 0.15) is 122 Å². The highest BCUT2D eigenvalue weighted by Crippen LogP contribution is 2.14. The van der Waals surface area contributed by atoms with Crippen LogP contribution in [0, 0.1) is 0 Å². The zero-order chi connectivity index (χ0) is 16.8. The summed E-state index contributed by atoms with van der Waals surface area (Å²) in [6.45, 7) is 0.731. The Labute approximate surface area is 146 Å². The lowest BCUT2D eigenvalue weighted by atomic mass is 10.0. The van der Waals surface area contributed by atoms with E-state index in [1.165, 1.54) is 109 Å². The Morgan fingerprint density at radius 1 is 0.217 bits per heavy atom. The van der Waals surface area contributed by atoms with Crippen LogP contribution < -0.4 is 0 Å². The van der Waals surface area contributed by atoms with Gasteiger partial charge in [-0.05, 0) is 12.8 Å². The van der Waals surface area contributed by atoms with Gasteiger partial charge in [-0.3, -0.25) is 0 Å². The van der Waals surface area contributed by atoms with Gasteiger partial charge in [0.1, 0.15) is 0 Å². The van der Waals surface area contributed by atoms with E-state index in [1.54, 1.807) is 0 Å². The molecule has 0 unspecified atom stereocenters. The Bertz CT molecular complexity index is 174. The maximum Gasteiger partial charge on any atom is 0.0431 e. The summed E-state index contributed by atoms with van der Waals surface area (Å²) in [5, 5.41) is 17.4.